The normalized spacial score (nSPS) is 12.1. The second-order valence-electron chi connectivity index (χ2n) is 5.18. The molecule has 3 aromatic rings. The number of nitrogens with zero attached hydrogens (tertiary/aromatic N) is 2. The topological polar surface area (TPSA) is 68.3 Å². The van der Waals surface area contributed by atoms with Gasteiger partial charge in [-0.15, -0.1) is 0 Å². The van der Waals surface area contributed by atoms with Gasteiger partial charge in [0.15, 0.2) is 11.5 Å². The lowest BCUT2D eigenvalue weighted by Gasteiger charge is -2.10. The third-order valence-corrected chi connectivity index (χ3v) is 4.32. The number of aromatic nitrogens is 2. The first-order valence-corrected chi connectivity index (χ1v) is 8.15. The second-order valence-corrected chi connectivity index (χ2v) is 5.97. The summed E-state index contributed by atoms with van der Waals surface area (Å²) in [5.74, 6) is 2.44. The molecular formula is C17H12Cl2N4O2. The Hall–Kier alpha value is -2.70. The molecule has 1 aliphatic heterocycles. The standard InChI is InChI=1S/C17H12Cl2N4O2/c18-11-2-1-3-12(16(11)19)22-17-20-7-6-15(23-17)21-10-4-5-13-14(8-10)25-9-24-13/h1-8H,9H2,(H2,20,21,22,23). The molecule has 6 nitrogen and oxygen atoms in total. The summed E-state index contributed by atoms with van der Waals surface area (Å²) >= 11 is 12.2. The van der Waals surface area contributed by atoms with Crippen molar-refractivity contribution in [1.82, 2.24) is 9.97 Å². The molecule has 25 heavy (non-hydrogen) atoms. The van der Waals surface area contributed by atoms with Crippen LogP contribution in [0.5, 0.6) is 11.5 Å². The van der Waals surface area contributed by atoms with Crippen LogP contribution in [0.15, 0.2) is 48.7 Å². The third kappa shape index (κ3) is 3.40. The van der Waals surface area contributed by atoms with E-state index in [0.29, 0.717) is 33.2 Å². The molecule has 0 saturated carbocycles. The number of halogens is 2. The second kappa shape index (κ2) is 6.66. The molecule has 4 rings (SSSR count). The zero-order valence-electron chi connectivity index (χ0n) is 12.8. The molecule has 2 aromatic carbocycles. The van der Waals surface area contributed by atoms with Crippen molar-refractivity contribution in [3.63, 3.8) is 0 Å². The maximum atomic E-state index is 6.18. The van der Waals surface area contributed by atoms with Crippen molar-refractivity contribution in [3.05, 3.63) is 58.7 Å². The van der Waals surface area contributed by atoms with E-state index < -0.39 is 0 Å². The van der Waals surface area contributed by atoms with Crippen LogP contribution in [-0.2, 0) is 0 Å². The van der Waals surface area contributed by atoms with Gasteiger partial charge >= 0.3 is 0 Å². The number of rotatable bonds is 4. The van der Waals surface area contributed by atoms with Crippen LogP contribution in [0.1, 0.15) is 0 Å². The molecule has 0 atom stereocenters. The first-order valence-electron chi connectivity index (χ1n) is 7.40. The maximum Gasteiger partial charge on any atom is 0.231 e. The van der Waals surface area contributed by atoms with Crippen molar-refractivity contribution in [3.8, 4) is 11.5 Å². The average molecular weight is 375 g/mol. The fourth-order valence-electron chi connectivity index (χ4n) is 2.33. The minimum Gasteiger partial charge on any atom is -0.454 e. The van der Waals surface area contributed by atoms with E-state index in [1.165, 1.54) is 0 Å². The Labute approximate surface area is 153 Å². The van der Waals surface area contributed by atoms with Gasteiger partial charge in [0.25, 0.3) is 0 Å². The van der Waals surface area contributed by atoms with Crippen LogP contribution >= 0.6 is 23.2 Å². The van der Waals surface area contributed by atoms with E-state index in [0.717, 1.165) is 11.4 Å². The van der Waals surface area contributed by atoms with Gasteiger partial charge in [0.1, 0.15) is 5.82 Å². The number of anilines is 4. The van der Waals surface area contributed by atoms with E-state index in [1.54, 1.807) is 30.5 Å². The molecule has 0 fully saturated rings. The van der Waals surface area contributed by atoms with E-state index >= 15 is 0 Å². The average Bonchev–Trinajstić information content (AvgIpc) is 3.07. The Morgan fingerprint density at radius 1 is 0.960 bits per heavy atom. The zero-order chi connectivity index (χ0) is 17.2. The molecule has 0 bridgehead atoms. The molecule has 1 aromatic heterocycles. The first-order chi connectivity index (χ1) is 12.2. The first kappa shape index (κ1) is 15.8. The highest BCUT2D eigenvalue weighted by Gasteiger charge is 2.13. The Morgan fingerprint density at radius 2 is 1.84 bits per heavy atom. The maximum absolute atomic E-state index is 6.18. The Bertz CT molecular complexity index is 936. The van der Waals surface area contributed by atoms with Crippen molar-refractivity contribution in [2.45, 2.75) is 0 Å². The molecule has 0 aliphatic carbocycles. The summed E-state index contributed by atoms with van der Waals surface area (Å²) in [4.78, 5) is 8.62. The van der Waals surface area contributed by atoms with Gasteiger partial charge < -0.3 is 20.1 Å². The monoisotopic (exact) mass is 374 g/mol. The van der Waals surface area contributed by atoms with Crippen molar-refractivity contribution >= 4 is 46.3 Å². The van der Waals surface area contributed by atoms with Gasteiger partial charge in [-0.2, -0.15) is 4.98 Å². The largest absolute Gasteiger partial charge is 0.454 e. The highest BCUT2D eigenvalue weighted by Crippen LogP contribution is 2.35. The smallest absolute Gasteiger partial charge is 0.231 e. The van der Waals surface area contributed by atoms with E-state index in [1.807, 2.05) is 18.2 Å². The van der Waals surface area contributed by atoms with E-state index in [4.69, 9.17) is 32.7 Å². The van der Waals surface area contributed by atoms with Gasteiger partial charge in [-0.3, -0.25) is 0 Å². The van der Waals surface area contributed by atoms with Crippen molar-refractivity contribution in [1.29, 1.82) is 0 Å². The van der Waals surface area contributed by atoms with Gasteiger partial charge in [0.05, 0.1) is 15.7 Å². The van der Waals surface area contributed by atoms with Crippen LogP contribution in [0.25, 0.3) is 0 Å². The number of hydrogen-bond acceptors (Lipinski definition) is 6. The Morgan fingerprint density at radius 3 is 2.76 bits per heavy atom. The molecule has 0 radical (unpaired) electrons. The van der Waals surface area contributed by atoms with Crippen LogP contribution in [0.3, 0.4) is 0 Å². The predicted molar refractivity (Wildman–Crippen MR) is 97.6 cm³/mol. The van der Waals surface area contributed by atoms with Crippen molar-refractivity contribution in [2.75, 3.05) is 17.4 Å². The van der Waals surface area contributed by atoms with Crippen molar-refractivity contribution < 1.29 is 9.47 Å². The Kier molecular flexibility index (Phi) is 4.21. The lowest BCUT2D eigenvalue weighted by Crippen LogP contribution is -2.00. The van der Waals surface area contributed by atoms with Crippen LogP contribution in [0.2, 0.25) is 10.0 Å². The lowest BCUT2D eigenvalue weighted by atomic mass is 10.3. The van der Waals surface area contributed by atoms with E-state index in [2.05, 4.69) is 20.6 Å². The van der Waals surface area contributed by atoms with E-state index in [9.17, 15) is 0 Å². The third-order valence-electron chi connectivity index (χ3n) is 3.50. The number of ether oxygens (including phenoxy) is 2. The quantitative estimate of drug-likeness (QED) is 0.669. The summed E-state index contributed by atoms with van der Waals surface area (Å²) in [5.41, 5.74) is 1.46. The summed E-state index contributed by atoms with van der Waals surface area (Å²) in [6.07, 6.45) is 1.64. The molecule has 1 aliphatic rings. The van der Waals surface area contributed by atoms with Crippen LogP contribution in [0.4, 0.5) is 23.1 Å². The molecule has 0 saturated heterocycles. The molecule has 2 heterocycles. The molecule has 2 N–H and O–H groups in total. The molecule has 126 valence electrons. The highest BCUT2D eigenvalue weighted by molar-refractivity contribution is 6.43. The van der Waals surface area contributed by atoms with Gasteiger partial charge in [-0.1, -0.05) is 29.3 Å². The lowest BCUT2D eigenvalue weighted by molar-refractivity contribution is 0.174. The summed E-state index contributed by atoms with van der Waals surface area (Å²) in [6, 6.07) is 12.7. The van der Waals surface area contributed by atoms with Gasteiger partial charge in [0.2, 0.25) is 12.7 Å². The number of hydrogen-bond donors (Lipinski definition) is 2. The van der Waals surface area contributed by atoms with Crippen LogP contribution in [-0.4, -0.2) is 16.8 Å². The molecule has 0 spiro atoms. The van der Waals surface area contributed by atoms with Gasteiger partial charge in [-0.25, -0.2) is 4.98 Å². The van der Waals surface area contributed by atoms with Gasteiger partial charge in [-0.05, 0) is 30.3 Å². The number of nitrogens with one attached hydrogen (secondary N) is 2. The molecule has 0 unspecified atom stereocenters. The summed E-state index contributed by atoms with van der Waals surface area (Å²) in [5, 5.41) is 7.14. The molecule has 8 heteroatoms. The number of benzene rings is 2. The van der Waals surface area contributed by atoms with E-state index in [-0.39, 0.29) is 6.79 Å². The fraction of sp³-hybridized carbons (Fsp3) is 0.0588. The predicted octanol–water partition coefficient (Wildman–Crippen LogP) is 5.00. The highest BCUT2D eigenvalue weighted by atomic mass is 35.5. The SMILES string of the molecule is Clc1cccc(Nc2nccc(Nc3ccc4c(c3)OCO4)n2)c1Cl. The van der Waals surface area contributed by atoms with Crippen LogP contribution in [0, 0.1) is 0 Å². The summed E-state index contributed by atoms with van der Waals surface area (Å²) < 4.78 is 10.7. The number of fused-ring (bicyclic) bond motifs is 1. The Balaban J connectivity index is 1.54. The molecule has 0 amide bonds. The summed E-state index contributed by atoms with van der Waals surface area (Å²) in [6.45, 7) is 0.237. The van der Waals surface area contributed by atoms with Crippen LogP contribution < -0.4 is 20.1 Å². The zero-order valence-corrected chi connectivity index (χ0v) is 14.3. The minimum absolute atomic E-state index is 0.237. The molecular weight excluding hydrogens is 363 g/mol. The fourth-order valence-corrected chi connectivity index (χ4v) is 2.68. The van der Waals surface area contributed by atoms with Crippen molar-refractivity contribution in [2.24, 2.45) is 0 Å². The minimum atomic E-state index is 0.237. The van der Waals surface area contributed by atoms with Gasteiger partial charge in [0, 0.05) is 18.0 Å². The summed E-state index contributed by atoms with van der Waals surface area (Å²) in [7, 11) is 0.